The summed E-state index contributed by atoms with van der Waals surface area (Å²) in [5, 5.41) is 11.3. The van der Waals surface area contributed by atoms with Crippen LogP contribution in [0.2, 0.25) is 0 Å². The van der Waals surface area contributed by atoms with Crippen LogP contribution in [0.25, 0.3) is 0 Å². The molecule has 1 amide bonds. The molecular weight excluding hydrogens is 325 g/mol. The second-order valence-corrected chi connectivity index (χ2v) is 4.85. The predicted molar refractivity (Wildman–Crippen MR) is 77.6 cm³/mol. The minimum atomic E-state index is -0.651. The Morgan fingerprint density at radius 2 is 2.05 bits per heavy atom. The number of nitrogens with two attached hydrogens (primary N) is 1. The number of halogens is 2. The summed E-state index contributed by atoms with van der Waals surface area (Å²) in [5.41, 5.74) is 6.59. The van der Waals surface area contributed by atoms with Crippen LogP contribution < -0.4 is 11.1 Å². The third-order valence-electron chi connectivity index (χ3n) is 2.58. The Morgan fingerprint density at radius 3 is 2.70 bits per heavy atom. The van der Waals surface area contributed by atoms with Gasteiger partial charge in [-0.15, -0.1) is 0 Å². The number of anilines is 2. The van der Waals surface area contributed by atoms with Crippen LogP contribution in [0.1, 0.15) is 15.9 Å². The number of nitrogens with one attached hydrogen (secondary N) is 1. The third-order valence-corrected chi connectivity index (χ3v) is 3.24. The molecule has 20 heavy (non-hydrogen) atoms. The Bertz CT molecular complexity index is 725. The Balaban J connectivity index is 2.28. The second-order valence-electron chi connectivity index (χ2n) is 4.00. The first-order valence-corrected chi connectivity index (χ1v) is 6.36. The van der Waals surface area contributed by atoms with Gasteiger partial charge in [0.25, 0.3) is 5.91 Å². The molecule has 2 aromatic rings. The largest absolute Gasteiger partial charge is 0.399 e. The van der Waals surface area contributed by atoms with Crippen LogP contribution in [-0.2, 0) is 0 Å². The number of carbonyl (C=O) groups is 1. The molecule has 0 aliphatic heterocycles. The highest BCUT2D eigenvalue weighted by Gasteiger charge is 2.13. The van der Waals surface area contributed by atoms with Crippen molar-refractivity contribution in [2.24, 2.45) is 0 Å². The molecule has 2 rings (SSSR count). The molecule has 100 valence electrons. The van der Waals surface area contributed by atoms with E-state index in [2.05, 4.69) is 21.2 Å². The van der Waals surface area contributed by atoms with E-state index in [1.54, 1.807) is 18.2 Å². The number of carbonyl (C=O) groups excluding carboxylic acids is 1. The number of hydrogen-bond acceptors (Lipinski definition) is 3. The summed E-state index contributed by atoms with van der Waals surface area (Å²) in [6.45, 7) is 0. The van der Waals surface area contributed by atoms with E-state index in [1.165, 1.54) is 12.1 Å². The van der Waals surface area contributed by atoms with Gasteiger partial charge in [0.2, 0.25) is 0 Å². The molecule has 0 aliphatic carbocycles. The van der Waals surface area contributed by atoms with Crippen molar-refractivity contribution in [2.75, 3.05) is 11.1 Å². The fourth-order valence-electron chi connectivity index (χ4n) is 1.59. The summed E-state index contributed by atoms with van der Waals surface area (Å²) in [6.07, 6.45) is 0. The van der Waals surface area contributed by atoms with Crippen LogP contribution in [0.4, 0.5) is 15.8 Å². The van der Waals surface area contributed by atoms with Crippen LogP contribution in [0.3, 0.4) is 0 Å². The summed E-state index contributed by atoms with van der Waals surface area (Å²) in [6, 6.07) is 10.4. The van der Waals surface area contributed by atoms with E-state index >= 15 is 0 Å². The zero-order valence-electron chi connectivity index (χ0n) is 10.2. The smallest absolute Gasteiger partial charge is 0.258 e. The topological polar surface area (TPSA) is 78.9 Å². The van der Waals surface area contributed by atoms with Crippen LogP contribution in [0.15, 0.2) is 40.9 Å². The van der Waals surface area contributed by atoms with Crippen LogP contribution in [0, 0.1) is 17.1 Å². The lowest BCUT2D eigenvalue weighted by Gasteiger charge is -2.08. The highest BCUT2D eigenvalue weighted by Crippen LogP contribution is 2.24. The number of rotatable bonds is 2. The third kappa shape index (κ3) is 2.95. The van der Waals surface area contributed by atoms with Gasteiger partial charge in [-0.1, -0.05) is 0 Å². The van der Waals surface area contributed by atoms with Gasteiger partial charge >= 0.3 is 0 Å². The molecule has 0 aromatic heterocycles. The molecular formula is C14H9BrFN3O. The predicted octanol–water partition coefficient (Wildman–Crippen LogP) is 3.29. The van der Waals surface area contributed by atoms with Crippen molar-refractivity contribution in [3.05, 3.63) is 57.8 Å². The van der Waals surface area contributed by atoms with Gasteiger partial charge in [-0.2, -0.15) is 5.26 Å². The molecule has 0 unspecified atom stereocenters. The fraction of sp³-hybridized carbons (Fsp3) is 0. The van der Waals surface area contributed by atoms with E-state index in [1.807, 2.05) is 6.07 Å². The standard InChI is InChI=1S/C14H9BrFN3O/c15-11-5-8(7-17)1-4-13(11)19-14(20)10-6-9(18)2-3-12(10)16/h1-6H,18H2,(H,19,20). The van der Waals surface area contributed by atoms with Crippen LogP contribution in [0.5, 0.6) is 0 Å². The van der Waals surface area contributed by atoms with E-state index < -0.39 is 11.7 Å². The molecule has 0 saturated carbocycles. The van der Waals surface area contributed by atoms with Gasteiger partial charge in [0.05, 0.1) is 22.9 Å². The highest BCUT2D eigenvalue weighted by atomic mass is 79.9. The molecule has 0 aliphatic rings. The summed E-state index contributed by atoms with van der Waals surface area (Å²) >= 11 is 3.24. The fourth-order valence-corrected chi connectivity index (χ4v) is 2.07. The number of nitriles is 1. The van der Waals surface area contributed by atoms with Gasteiger partial charge in [0, 0.05) is 10.2 Å². The SMILES string of the molecule is N#Cc1ccc(NC(=O)c2cc(N)ccc2F)c(Br)c1. The first-order valence-electron chi connectivity index (χ1n) is 5.57. The van der Waals surface area contributed by atoms with Crippen molar-refractivity contribution < 1.29 is 9.18 Å². The van der Waals surface area contributed by atoms with E-state index in [4.69, 9.17) is 11.0 Å². The van der Waals surface area contributed by atoms with Gasteiger partial charge in [0.1, 0.15) is 5.82 Å². The number of amides is 1. The highest BCUT2D eigenvalue weighted by molar-refractivity contribution is 9.10. The minimum Gasteiger partial charge on any atom is -0.399 e. The van der Waals surface area contributed by atoms with Gasteiger partial charge in [0.15, 0.2) is 0 Å². The maximum Gasteiger partial charge on any atom is 0.258 e. The van der Waals surface area contributed by atoms with Gasteiger partial charge in [-0.3, -0.25) is 4.79 Å². The zero-order chi connectivity index (χ0) is 14.7. The Morgan fingerprint density at radius 1 is 1.30 bits per heavy atom. The molecule has 4 nitrogen and oxygen atoms in total. The molecule has 6 heteroatoms. The molecule has 0 heterocycles. The molecule has 0 bridgehead atoms. The van der Waals surface area contributed by atoms with Crippen molar-refractivity contribution >= 4 is 33.2 Å². The lowest BCUT2D eigenvalue weighted by molar-refractivity contribution is 0.102. The van der Waals surface area contributed by atoms with Crippen LogP contribution in [-0.4, -0.2) is 5.91 Å². The van der Waals surface area contributed by atoms with Gasteiger partial charge in [-0.05, 0) is 52.3 Å². The summed E-state index contributed by atoms with van der Waals surface area (Å²) in [4.78, 5) is 12.0. The molecule has 0 radical (unpaired) electrons. The quantitative estimate of drug-likeness (QED) is 0.827. The number of hydrogen-bond donors (Lipinski definition) is 2. The van der Waals surface area contributed by atoms with Crippen LogP contribution >= 0.6 is 15.9 Å². The molecule has 0 atom stereocenters. The van der Waals surface area contributed by atoms with Crippen molar-refractivity contribution in [2.45, 2.75) is 0 Å². The lowest BCUT2D eigenvalue weighted by Crippen LogP contribution is -2.14. The first-order chi connectivity index (χ1) is 9.51. The zero-order valence-corrected chi connectivity index (χ0v) is 11.7. The number of nitrogens with zero attached hydrogens (tertiary/aromatic N) is 1. The van der Waals surface area contributed by atoms with Gasteiger partial charge < -0.3 is 11.1 Å². The van der Waals surface area contributed by atoms with E-state index in [-0.39, 0.29) is 5.56 Å². The van der Waals surface area contributed by atoms with E-state index in [0.717, 1.165) is 6.07 Å². The maximum absolute atomic E-state index is 13.6. The Kier molecular flexibility index (Phi) is 4.01. The summed E-state index contributed by atoms with van der Waals surface area (Å²) < 4.78 is 14.1. The molecule has 0 spiro atoms. The van der Waals surface area contributed by atoms with Crippen molar-refractivity contribution in [1.29, 1.82) is 5.26 Å². The van der Waals surface area contributed by atoms with Gasteiger partial charge in [-0.25, -0.2) is 4.39 Å². The molecule has 0 saturated heterocycles. The Labute approximate surface area is 123 Å². The van der Waals surface area contributed by atoms with Crippen molar-refractivity contribution in [1.82, 2.24) is 0 Å². The summed E-state index contributed by atoms with van der Waals surface area (Å²) in [7, 11) is 0. The average molecular weight is 334 g/mol. The second kappa shape index (κ2) is 5.72. The van der Waals surface area contributed by atoms with Crippen molar-refractivity contribution in [3.63, 3.8) is 0 Å². The minimum absolute atomic E-state index is 0.138. The number of benzene rings is 2. The molecule has 2 aromatic carbocycles. The maximum atomic E-state index is 13.6. The Hall–Kier alpha value is -2.39. The van der Waals surface area contributed by atoms with E-state index in [0.29, 0.717) is 21.4 Å². The number of nitrogen functional groups attached to an aromatic ring is 1. The van der Waals surface area contributed by atoms with E-state index in [9.17, 15) is 9.18 Å². The molecule has 3 N–H and O–H groups in total. The molecule has 0 fully saturated rings. The normalized spacial score (nSPS) is 9.85. The lowest BCUT2D eigenvalue weighted by atomic mass is 10.1. The first kappa shape index (κ1) is 14.0. The monoisotopic (exact) mass is 333 g/mol. The average Bonchev–Trinajstić information content (AvgIpc) is 2.43. The van der Waals surface area contributed by atoms with Crippen molar-refractivity contribution in [3.8, 4) is 6.07 Å². The summed E-state index contributed by atoms with van der Waals surface area (Å²) in [5.74, 6) is -1.26.